The molecule has 6 nitrogen and oxygen atoms in total. The second-order valence-electron chi connectivity index (χ2n) is 6.80. The van der Waals surface area contributed by atoms with E-state index in [-0.39, 0.29) is 5.92 Å². The molecule has 0 aliphatic carbocycles. The standard InChI is InChI=1S/C21H20F2N4O2/c1-13(2)19(26-20(28)18-16(22)4-3-5-17(18)23)21(29)25-14-6-8-15(9-7-14)27-11-10-24-12-27/h3-13,19H,1-2H3,(H,25,29)(H,26,28). The van der Waals surface area contributed by atoms with Gasteiger partial charge in [0.2, 0.25) is 5.91 Å². The maximum atomic E-state index is 13.8. The van der Waals surface area contributed by atoms with Crippen molar-refractivity contribution in [2.75, 3.05) is 5.32 Å². The predicted molar refractivity (Wildman–Crippen MR) is 105 cm³/mol. The second kappa shape index (κ2) is 8.64. The van der Waals surface area contributed by atoms with Crippen molar-refractivity contribution in [1.29, 1.82) is 0 Å². The highest BCUT2D eigenvalue weighted by Crippen LogP contribution is 2.16. The summed E-state index contributed by atoms with van der Waals surface area (Å²) in [6.07, 6.45) is 5.10. The van der Waals surface area contributed by atoms with Crippen LogP contribution in [0.25, 0.3) is 5.69 Å². The Balaban J connectivity index is 1.72. The lowest BCUT2D eigenvalue weighted by Crippen LogP contribution is -2.47. The van der Waals surface area contributed by atoms with Crippen molar-refractivity contribution in [2.24, 2.45) is 5.92 Å². The molecule has 2 aromatic carbocycles. The number of aromatic nitrogens is 2. The third kappa shape index (κ3) is 4.66. The molecule has 0 saturated heterocycles. The van der Waals surface area contributed by atoms with E-state index in [0.717, 1.165) is 17.8 Å². The fraction of sp³-hybridized carbons (Fsp3) is 0.190. The van der Waals surface area contributed by atoms with E-state index in [4.69, 9.17) is 0 Å². The van der Waals surface area contributed by atoms with Gasteiger partial charge in [0.25, 0.3) is 5.91 Å². The minimum Gasteiger partial charge on any atom is -0.340 e. The lowest BCUT2D eigenvalue weighted by atomic mass is 10.0. The molecule has 1 heterocycles. The molecule has 8 heteroatoms. The van der Waals surface area contributed by atoms with E-state index in [9.17, 15) is 18.4 Å². The Labute approximate surface area is 166 Å². The third-order valence-electron chi connectivity index (χ3n) is 4.36. The molecule has 0 radical (unpaired) electrons. The van der Waals surface area contributed by atoms with E-state index in [1.165, 1.54) is 6.07 Å². The Kier molecular flexibility index (Phi) is 6.01. The summed E-state index contributed by atoms with van der Waals surface area (Å²) >= 11 is 0. The molecule has 1 atom stereocenters. The molecule has 1 aromatic heterocycles. The quantitative estimate of drug-likeness (QED) is 0.667. The van der Waals surface area contributed by atoms with Crippen LogP contribution in [-0.4, -0.2) is 27.4 Å². The second-order valence-corrected chi connectivity index (χ2v) is 6.80. The Morgan fingerprint density at radius 3 is 2.24 bits per heavy atom. The molecule has 150 valence electrons. The minimum absolute atomic E-state index is 0.306. The maximum Gasteiger partial charge on any atom is 0.257 e. The van der Waals surface area contributed by atoms with Gasteiger partial charge in [-0.25, -0.2) is 13.8 Å². The highest BCUT2D eigenvalue weighted by molar-refractivity contribution is 6.01. The molecule has 3 aromatic rings. The van der Waals surface area contributed by atoms with Crippen LogP contribution in [0.2, 0.25) is 0 Å². The molecule has 0 aliphatic heterocycles. The van der Waals surface area contributed by atoms with Crippen LogP contribution in [0.4, 0.5) is 14.5 Å². The van der Waals surface area contributed by atoms with E-state index in [1.807, 2.05) is 4.57 Å². The van der Waals surface area contributed by atoms with Crippen LogP contribution in [0.5, 0.6) is 0 Å². The molecule has 0 fully saturated rings. The Hall–Kier alpha value is -3.55. The third-order valence-corrected chi connectivity index (χ3v) is 4.36. The average Bonchev–Trinajstić information content (AvgIpc) is 3.21. The molecule has 0 bridgehead atoms. The molecule has 29 heavy (non-hydrogen) atoms. The van der Waals surface area contributed by atoms with Crippen LogP contribution in [-0.2, 0) is 4.79 Å². The van der Waals surface area contributed by atoms with Crippen molar-refractivity contribution in [1.82, 2.24) is 14.9 Å². The van der Waals surface area contributed by atoms with E-state index in [2.05, 4.69) is 15.6 Å². The van der Waals surface area contributed by atoms with Gasteiger partial charge in [-0.3, -0.25) is 9.59 Å². The summed E-state index contributed by atoms with van der Waals surface area (Å²) in [7, 11) is 0. The number of amides is 2. The van der Waals surface area contributed by atoms with Gasteiger partial charge in [-0.2, -0.15) is 0 Å². The zero-order valence-electron chi connectivity index (χ0n) is 15.9. The van der Waals surface area contributed by atoms with Gasteiger partial charge in [0.05, 0.1) is 6.33 Å². The number of nitrogens with zero attached hydrogens (tertiary/aromatic N) is 2. The van der Waals surface area contributed by atoms with Crippen molar-refractivity contribution in [3.05, 3.63) is 78.4 Å². The minimum atomic E-state index is -0.986. The van der Waals surface area contributed by atoms with E-state index >= 15 is 0 Å². The molecule has 1 unspecified atom stereocenters. The van der Waals surface area contributed by atoms with Gasteiger partial charge in [0, 0.05) is 23.8 Å². The van der Waals surface area contributed by atoms with Crippen LogP contribution < -0.4 is 10.6 Å². The van der Waals surface area contributed by atoms with Crippen LogP contribution in [0.15, 0.2) is 61.2 Å². The molecular formula is C21H20F2N4O2. The van der Waals surface area contributed by atoms with Gasteiger partial charge in [0.1, 0.15) is 23.2 Å². The summed E-state index contributed by atoms with van der Waals surface area (Å²) in [6, 6.07) is 9.20. The molecule has 2 N–H and O–H groups in total. The number of carbonyl (C=O) groups is 2. The van der Waals surface area contributed by atoms with Gasteiger partial charge < -0.3 is 15.2 Å². The number of anilines is 1. The first-order valence-corrected chi connectivity index (χ1v) is 9.01. The first-order valence-electron chi connectivity index (χ1n) is 9.01. The lowest BCUT2D eigenvalue weighted by molar-refractivity contribution is -0.118. The largest absolute Gasteiger partial charge is 0.340 e. The number of rotatable bonds is 6. The number of hydrogen-bond donors (Lipinski definition) is 2. The van der Waals surface area contributed by atoms with Crippen molar-refractivity contribution in [3.8, 4) is 5.69 Å². The molecule has 0 spiro atoms. The molecule has 2 amide bonds. The molecular weight excluding hydrogens is 378 g/mol. The summed E-state index contributed by atoms with van der Waals surface area (Å²) in [5.41, 5.74) is 0.677. The Morgan fingerprint density at radius 2 is 1.69 bits per heavy atom. The van der Waals surface area contributed by atoms with E-state index < -0.39 is 35.1 Å². The van der Waals surface area contributed by atoms with E-state index in [0.29, 0.717) is 5.69 Å². The lowest BCUT2D eigenvalue weighted by Gasteiger charge is -2.22. The van der Waals surface area contributed by atoms with E-state index in [1.54, 1.807) is 56.8 Å². The smallest absolute Gasteiger partial charge is 0.257 e. The molecule has 3 rings (SSSR count). The fourth-order valence-electron chi connectivity index (χ4n) is 2.81. The first-order chi connectivity index (χ1) is 13.9. The average molecular weight is 398 g/mol. The van der Waals surface area contributed by atoms with Crippen molar-refractivity contribution in [3.63, 3.8) is 0 Å². The van der Waals surface area contributed by atoms with Crippen LogP contribution in [0.3, 0.4) is 0 Å². The van der Waals surface area contributed by atoms with Crippen molar-refractivity contribution >= 4 is 17.5 Å². The fourth-order valence-corrected chi connectivity index (χ4v) is 2.81. The number of nitrogens with one attached hydrogen (secondary N) is 2. The molecule has 0 saturated carbocycles. The van der Waals surface area contributed by atoms with Gasteiger partial charge in [0.15, 0.2) is 0 Å². The number of halogens is 2. The zero-order valence-corrected chi connectivity index (χ0v) is 15.9. The summed E-state index contributed by atoms with van der Waals surface area (Å²) in [6.45, 7) is 3.45. The number of imidazole rings is 1. The maximum absolute atomic E-state index is 13.8. The van der Waals surface area contributed by atoms with Gasteiger partial charge in [-0.15, -0.1) is 0 Å². The molecule has 0 aliphatic rings. The number of carbonyl (C=O) groups excluding carboxylic acids is 2. The first kappa shape index (κ1) is 20.2. The van der Waals surface area contributed by atoms with Gasteiger partial charge in [-0.05, 0) is 42.3 Å². The summed E-state index contributed by atoms with van der Waals surface area (Å²) in [5, 5.41) is 5.14. The summed E-state index contributed by atoms with van der Waals surface area (Å²) < 4.78 is 29.5. The summed E-state index contributed by atoms with van der Waals surface area (Å²) in [5.74, 6) is -3.74. The highest BCUT2D eigenvalue weighted by atomic mass is 19.1. The normalized spacial score (nSPS) is 11.9. The zero-order chi connectivity index (χ0) is 21.0. The Morgan fingerprint density at radius 1 is 1.03 bits per heavy atom. The summed E-state index contributed by atoms with van der Waals surface area (Å²) in [4.78, 5) is 29.0. The highest BCUT2D eigenvalue weighted by Gasteiger charge is 2.27. The van der Waals surface area contributed by atoms with Gasteiger partial charge >= 0.3 is 0 Å². The number of hydrogen-bond acceptors (Lipinski definition) is 3. The van der Waals surface area contributed by atoms with Crippen LogP contribution >= 0.6 is 0 Å². The monoisotopic (exact) mass is 398 g/mol. The SMILES string of the molecule is CC(C)C(NC(=O)c1c(F)cccc1F)C(=O)Nc1ccc(-n2ccnc2)cc1. The topological polar surface area (TPSA) is 76.0 Å². The van der Waals surface area contributed by atoms with Crippen molar-refractivity contribution < 1.29 is 18.4 Å². The van der Waals surface area contributed by atoms with Gasteiger partial charge in [-0.1, -0.05) is 19.9 Å². The van der Waals surface area contributed by atoms with Crippen LogP contribution in [0, 0.1) is 17.6 Å². The van der Waals surface area contributed by atoms with Crippen molar-refractivity contribution in [2.45, 2.75) is 19.9 Å². The van der Waals surface area contributed by atoms with Crippen LogP contribution in [0.1, 0.15) is 24.2 Å². The Bertz CT molecular complexity index is 982. The number of benzene rings is 2. The predicted octanol–water partition coefficient (Wildman–Crippen LogP) is 3.54.